The Labute approximate surface area is 133 Å². The van der Waals surface area contributed by atoms with Crippen molar-refractivity contribution in [3.05, 3.63) is 0 Å². The maximum atomic E-state index is 12.4. The first-order valence-corrected chi connectivity index (χ1v) is 9.79. The zero-order valence-electron chi connectivity index (χ0n) is 13.7. The van der Waals surface area contributed by atoms with Crippen LogP contribution in [0.5, 0.6) is 0 Å². The molecule has 22 heavy (non-hydrogen) atoms. The first-order chi connectivity index (χ1) is 10.2. The molecule has 2 rings (SSSR count). The Balaban J connectivity index is 1.92. The molecule has 1 saturated carbocycles. The molecule has 7 heteroatoms. The van der Waals surface area contributed by atoms with Gasteiger partial charge in [-0.05, 0) is 40.0 Å². The Morgan fingerprint density at radius 3 is 2.14 bits per heavy atom. The zero-order valence-corrected chi connectivity index (χ0v) is 14.6. The molecule has 0 spiro atoms. The summed E-state index contributed by atoms with van der Waals surface area (Å²) >= 11 is 0. The van der Waals surface area contributed by atoms with Crippen molar-refractivity contribution in [3.8, 4) is 0 Å². The molecule has 1 amide bonds. The lowest BCUT2D eigenvalue weighted by Gasteiger charge is -2.39. The number of hydrogen-bond donors (Lipinski definition) is 1. The summed E-state index contributed by atoms with van der Waals surface area (Å²) in [5.74, 6) is -0.291. The van der Waals surface area contributed by atoms with Gasteiger partial charge in [0.1, 0.15) is 5.25 Å². The number of carbonyl (C=O) groups is 1. The van der Waals surface area contributed by atoms with E-state index in [9.17, 15) is 18.3 Å². The normalized spacial score (nSPS) is 29.0. The Bertz CT molecular complexity index is 498. The summed E-state index contributed by atoms with van der Waals surface area (Å²) in [6.07, 6.45) is 2.65. The predicted molar refractivity (Wildman–Crippen MR) is 85.3 cm³/mol. The van der Waals surface area contributed by atoms with Crippen molar-refractivity contribution in [1.82, 2.24) is 9.80 Å². The average molecular weight is 332 g/mol. The highest BCUT2D eigenvalue weighted by molar-refractivity contribution is 7.93. The van der Waals surface area contributed by atoms with Gasteiger partial charge in [0.25, 0.3) is 0 Å². The molecule has 0 aromatic carbocycles. The van der Waals surface area contributed by atoms with E-state index < -0.39 is 20.3 Å². The van der Waals surface area contributed by atoms with Crippen molar-refractivity contribution in [2.75, 3.05) is 26.2 Å². The molecule has 1 N–H and O–H groups in total. The summed E-state index contributed by atoms with van der Waals surface area (Å²) in [6.45, 7) is 7.21. The third-order valence-corrected chi connectivity index (χ3v) is 7.54. The van der Waals surface area contributed by atoms with Crippen molar-refractivity contribution in [2.45, 2.75) is 62.7 Å². The minimum Gasteiger partial charge on any atom is -0.391 e. The highest BCUT2D eigenvalue weighted by Crippen LogP contribution is 2.25. The van der Waals surface area contributed by atoms with Gasteiger partial charge in [0.05, 0.1) is 11.4 Å². The van der Waals surface area contributed by atoms with Crippen LogP contribution in [0.4, 0.5) is 0 Å². The molecule has 2 fully saturated rings. The number of hydrogen-bond acceptors (Lipinski definition) is 5. The highest BCUT2D eigenvalue weighted by atomic mass is 32.2. The maximum Gasteiger partial charge on any atom is 0.240 e. The fourth-order valence-electron chi connectivity index (χ4n) is 3.43. The smallest absolute Gasteiger partial charge is 0.240 e. The van der Waals surface area contributed by atoms with Gasteiger partial charge < -0.3 is 10.0 Å². The van der Waals surface area contributed by atoms with Crippen LogP contribution in [0.15, 0.2) is 0 Å². The summed E-state index contributed by atoms with van der Waals surface area (Å²) in [5, 5.41) is 8.45. The molecule has 1 saturated heterocycles. The van der Waals surface area contributed by atoms with Crippen LogP contribution >= 0.6 is 0 Å². The number of aliphatic hydroxyl groups is 1. The quantitative estimate of drug-likeness (QED) is 0.799. The van der Waals surface area contributed by atoms with Crippen molar-refractivity contribution in [3.63, 3.8) is 0 Å². The van der Waals surface area contributed by atoms with Gasteiger partial charge >= 0.3 is 0 Å². The Hall–Kier alpha value is -0.660. The molecule has 3 atom stereocenters. The maximum absolute atomic E-state index is 12.4. The summed E-state index contributed by atoms with van der Waals surface area (Å²) in [4.78, 5) is 16.3. The lowest BCUT2D eigenvalue weighted by atomic mass is 10.1. The molecule has 1 aliphatic heterocycles. The van der Waals surface area contributed by atoms with E-state index in [1.54, 1.807) is 18.7 Å². The highest BCUT2D eigenvalue weighted by Gasteiger charge is 2.37. The summed E-state index contributed by atoms with van der Waals surface area (Å²) in [7, 11) is -3.41. The van der Waals surface area contributed by atoms with Gasteiger partial charge in [-0.1, -0.05) is 0 Å². The first-order valence-electron chi connectivity index (χ1n) is 8.18. The number of carbonyl (C=O) groups excluding carboxylic acids is 1. The van der Waals surface area contributed by atoms with Gasteiger partial charge in [-0.2, -0.15) is 0 Å². The minimum atomic E-state index is -3.41. The van der Waals surface area contributed by atoms with Gasteiger partial charge in [0.15, 0.2) is 9.84 Å². The van der Waals surface area contributed by atoms with Crippen LogP contribution in [0.25, 0.3) is 0 Å². The van der Waals surface area contributed by atoms with Gasteiger partial charge in [-0.3, -0.25) is 9.69 Å². The van der Waals surface area contributed by atoms with Crippen molar-refractivity contribution >= 4 is 15.7 Å². The predicted octanol–water partition coefficient (Wildman–Crippen LogP) is 0.256. The van der Waals surface area contributed by atoms with Crippen LogP contribution in [-0.2, 0) is 14.6 Å². The van der Waals surface area contributed by atoms with E-state index in [0.29, 0.717) is 26.2 Å². The van der Waals surface area contributed by atoms with Crippen LogP contribution in [0.3, 0.4) is 0 Å². The number of amides is 1. The zero-order chi connectivity index (χ0) is 16.5. The summed E-state index contributed by atoms with van der Waals surface area (Å²) < 4.78 is 24.3. The lowest BCUT2D eigenvalue weighted by molar-refractivity contribution is -0.132. The number of rotatable bonds is 4. The molecule has 2 aliphatic rings. The molecule has 0 unspecified atom stereocenters. The van der Waals surface area contributed by atoms with Crippen LogP contribution in [-0.4, -0.2) is 78.1 Å². The average Bonchev–Trinajstić information content (AvgIpc) is 2.91. The second-order valence-electron chi connectivity index (χ2n) is 6.71. The number of piperazine rings is 1. The Morgan fingerprint density at radius 2 is 1.68 bits per heavy atom. The fourth-order valence-corrected chi connectivity index (χ4v) is 4.67. The molecule has 0 aromatic rings. The van der Waals surface area contributed by atoms with E-state index in [1.165, 1.54) is 6.92 Å². The van der Waals surface area contributed by atoms with E-state index in [2.05, 4.69) is 4.90 Å². The van der Waals surface area contributed by atoms with Gasteiger partial charge in [-0.15, -0.1) is 0 Å². The Morgan fingerprint density at radius 1 is 1.09 bits per heavy atom. The number of nitrogens with zero attached hydrogens (tertiary/aromatic N) is 2. The van der Waals surface area contributed by atoms with Crippen LogP contribution in [0.2, 0.25) is 0 Å². The summed E-state index contributed by atoms with van der Waals surface area (Å²) in [5.41, 5.74) is 0. The van der Waals surface area contributed by atoms with E-state index in [1.807, 2.05) is 0 Å². The number of aliphatic hydroxyl groups excluding tert-OH is 1. The van der Waals surface area contributed by atoms with Gasteiger partial charge in [0.2, 0.25) is 5.91 Å². The van der Waals surface area contributed by atoms with Crippen molar-refractivity contribution < 1.29 is 18.3 Å². The van der Waals surface area contributed by atoms with E-state index in [-0.39, 0.29) is 18.1 Å². The first kappa shape index (κ1) is 17.7. The third-order valence-electron chi connectivity index (χ3n) is 5.04. The molecule has 0 aromatic heterocycles. The molecule has 128 valence electrons. The second-order valence-corrected chi connectivity index (χ2v) is 9.53. The van der Waals surface area contributed by atoms with Crippen LogP contribution in [0, 0.1) is 0 Å². The van der Waals surface area contributed by atoms with E-state index in [4.69, 9.17) is 0 Å². The molecule has 0 bridgehead atoms. The minimum absolute atomic E-state index is 0.203. The second kappa shape index (κ2) is 6.84. The molecule has 1 heterocycles. The lowest BCUT2D eigenvalue weighted by Crippen LogP contribution is -2.56. The molecular formula is C15H28N2O4S. The standard InChI is InChI=1S/C15H28N2O4S/c1-11(2)22(20,21)12(3)15(19)17-9-7-16(8-10-17)13-5-4-6-14(13)18/h11-14,18H,4-10H2,1-3H3/t12-,13+,14-/m1/s1. The third kappa shape index (κ3) is 3.46. The molecule has 0 radical (unpaired) electrons. The van der Waals surface area contributed by atoms with Crippen molar-refractivity contribution in [2.24, 2.45) is 0 Å². The SMILES string of the molecule is CC(C)S(=O)(=O)[C@H](C)C(=O)N1CCN([C@H]2CCC[C@H]2O)CC1. The monoisotopic (exact) mass is 332 g/mol. The van der Waals surface area contributed by atoms with E-state index >= 15 is 0 Å². The molecule has 1 aliphatic carbocycles. The largest absolute Gasteiger partial charge is 0.391 e. The Kier molecular flexibility index (Phi) is 5.50. The fraction of sp³-hybridized carbons (Fsp3) is 0.933. The van der Waals surface area contributed by atoms with Gasteiger partial charge in [0, 0.05) is 32.2 Å². The van der Waals surface area contributed by atoms with Crippen molar-refractivity contribution in [1.29, 1.82) is 0 Å². The van der Waals surface area contributed by atoms with Gasteiger partial charge in [-0.25, -0.2) is 8.42 Å². The summed E-state index contributed by atoms with van der Waals surface area (Å²) in [6, 6.07) is 0.203. The topological polar surface area (TPSA) is 77.9 Å². The van der Waals surface area contributed by atoms with Crippen LogP contribution in [0.1, 0.15) is 40.0 Å². The van der Waals surface area contributed by atoms with E-state index in [0.717, 1.165) is 19.3 Å². The molecular weight excluding hydrogens is 304 g/mol. The number of sulfone groups is 1. The molecule has 6 nitrogen and oxygen atoms in total. The van der Waals surface area contributed by atoms with Crippen LogP contribution < -0.4 is 0 Å².